The first-order valence-corrected chi connectivity index (χ1v) is 7.48. The van der Waals surface area contributed by atoms with Gasteiger partial charge in [0.05, 0.1) is 0 Å². The van der Waals surface area contributed by atoms with Crippen molar-refractivity contribution in [1.82, 2.24) is 10.2 Å². The number of carbonyl (C=O) groups is 2. The fourth-order valence-electron chi connectivity index (χ4n) is 2.36. The van der Waals surface area contributed by atoms with Crippen LogP contribution in [-0.4, -0.2) is 36.3 Å². The molecule has 0 saturated carbocycles. The van der Waals surface area contributed by atoms with Crippen LogP contribution in [0.25, 0.3) is 0 Å². The van der Waals surface area contributed by atoms with E-state index in [2.05, 4.69) is 19.2 Å². The fraction of sp³-hybridized carbons (Fsp3) is 0.867. The predicted octanol–water partition coefficient (Wildman–Crippen LogP) is 2.04. The van der Waals surface area contributed by atoms with Gasteiger partial charge in [0.15, 0.2) is 0 Å². The molecule has 0 radical (unpaired) electrons. The Balaban J connectivity index is 2.29. The second kappa shape index (κ2) is 7.51. The molecule has 0 aromatic heterocycles. The van der Waals surface area contributed by atoms with Crippen LogP contribution in [0.3, 0.4) is 0 Å². The lowest BCUT2D eigenvalue weighted by Crippen LogP contribution is -2.44. The normalized spacial score (nSPS) is 17.1. The number of rotatable bonds is 5. The Labute approximate surface area is 116 Å². The fourth-order valence-corrected chi connectivity index (χ4v) is 2.36. The Morgan fingerprint density at radius 1 is 1.16 bits per heavy atom. The predicted molar refractivity (Wildman–Crippen MR) is 76.6 cm³/mol. The molecule has 1 saturated heterocycles. The zero-order valence-electron chi connectivity index (χ0n) is 12.7. The molecule has 1 heterocycles. The average molecular weight is 268 g/mol. The zero-order chi connectivity index (χ0) is 14.4. The van der Waals surface area contributed by atoms with Gasteiger partial charge in [0.1, 0.15) is 0 Å². The van der Waals surface area contributed by atoms with E-state index >= 15 is 0 Å². The molecule has 1 aliphatic rings. The van der Waals surface area contributed by atoms with Gasteiger partial charge in [-0.25, -0.2) is 0 Å². The minimum Gasteiger partial charge on any atom is -0.356 e. The van der Waals surface area contributed by atoms with Crippen LogP contribution in [0.1, 0.15) is 47.0 Å². The molecule has 1 fully saturated rings. The quantitative estimate of drug-likeness (QED) is 0.829. The summed E-state index contributed by atoms with van der Waals surface area (Å²) in [6.45, 7) is 10.4. The Morgan fingerprint density at radius 2 is 1.74 bits per heavy atom. The van der Waals surface area contributed by atoms with Crippen LogP contribution in [0.2, 0.25) is 0 Å². The largest absolute Gasteiger partial charge is 0.356 e. The van der Waals surface area contributed by atoms with E-state index in [1.165, 1.54) is 0 Å². The van der Waals surface area contributed by atoms with Gasteiger partial charge >= 0.3 is 0 Å². The molecule has 1 aliphatic heterocycles. The summed E-state index contributed by atoms with van der Waals surface area (Å²) in [4.78, 5) is 25.7. The van der Waals surface area contributed by atoms with Crippen molar-refractivity contribution in [3.63, 3.8) is 0 Å². The maximum absolute atomic E-state index is 12.0. The molecular formula is C15H28N2O2. The molecule has 110 valence electrons. The molecule has 0 aromatic carbocycles. The molecule has 0 spiro atoms. The van der Waals surface area contributed by atoms with E-state index in [0.29, 0.717) is 5.92 Å². The van der Waals surface area contributed by atoms with Crippen molar-refractivity contribution in [3.05, 3.63) is 0 Å². The summed E-state index contributed by atoms with van der Waals surface area (Å²) in [5.41, 5.74) is 0. The van der Waals surface area contributed by atoms with Crippen LogP contribution >= 0.6 is 0 Å². The van der Waals surface area contributed by atoms with Gasteiger partial charge in [-0.2, -0.15) is 0 Å². The lowest BCUT2D eigenvalue weighted by molar-refractivity contribution is -0.138. The number of likely N-dealkylation sites (tertiary alicyclic amines) is 1. The number of amides is 2. The van der Waals surface area contributed by atoms with E-state index in [-0.39, 0.29) is 23.7 Å². The Hall–Kier alpha value is -1.06. The summed E-state index contributed by atoms with van der Waals surface area (Å²) in [6, 6.07) is 0. The average Bonchev–Trinajstić information content (AvgIpc) is 2.37. The molecule has 0 aliphatic carbocycles. The second-order valence-corrected chi connectivity index (χ2v) is 6.23. The highest BCUT2D eigenvalue weighted by Gasteiger charge is 2.27. The van der Waals surface area contributed by atoms with E-state index in [0.717, 1.165) is 38.9 Å². The molecule has 1 rings (SSSR count). The van der Waals surface area contributed by atoms with Gasteiger partial charge in [0.2, 0.25) is 11.8 Å². The van der Waals surface area contributed by atoms with Crippen LogP contribution in [-0.2, 0) is 9.59 Å². The maximum atomic E-state index is 12.0. The molecule has 1 N–H and O–H groups in total. The highest BCUT2D eigenvalue weighted by molar-refractivity contribution is 5.80. The van der Waals surface area contributed by atoms with E-state index in [9.17, 15) is 9.59 Å². The van der Waals surface area contributed by atoms with Crippen LogP contribution in [0.5, 0.6) is 0 Å². The summed E-state index contributed by atoms with van der Waals surface area (Å²) in [5.74, 6) is 1.13. The van der Waals surface area contributed by atoms with Gasteiger partial charge < -0.3 is 10.2 Å². The highest BCUT2D eigenvalue weighted by atomic mass is 16.2. The zero-order valence-corrected chi connectivity index (χ0v) is 12.7. The molecular weight excluding hydrogens is 240 g/mol. The lowest BCUT2D eigenvalue weighted by Gasteiger charge is -2.32. The van der Waals surface area contributed by atoms with E-state index in [1.807, 2.05) is 18.7 Å². The number of nitrogens with one attached hydrogen (secondary N) is 1. The SMILES string of the molecule is CC(C)CCNC(=O)C1CCN(C(=O)C(C)C)CC1. The Morgan fingerprint density at radius 3 is 2.21 bits per heavy atom. The van der Waals surface area contributed by atoms with E-state index in [4.69, 9.17) is 0 Å². The minimum absolute atomic E-state index is 0.0522. The van der Waals surface area contributed by atoms with Gasteiger partial charge in [-0.05, 0) is 25.2 Å². The third kappa shape index (κ3) is 5.21. The second-order valence-electron chi connectivity index (χ2n) is 6.23. The molecule has 0 aromatic rings. The number of carbonyl (C=O) groups excluding carboxylic acids is 2. The van der Waals surface area contributed by atoms with Gasteiger partial charge in [-0.15, -0.1) is 0 Å². The molecule has 4 heteroatoms. The minimum atomic E-state index is 0.0522. The van der Waals surface area contributed by atoms with Gasteiger partial charge in [0.25, 0.3) is 0 Å². The first kappa shape index (κ1) is 16.0. The molecule has 2 amide bonds. The lowest BCUT2D eigenvalue weighted by atomic mass is 9.95. The van der Waals surface area contributed by atoms with Crippen molar-refractivity contribution in [2.75, 3.05) is 19.6 Å². The summed E-state index contributed by atoms with van der Waals surface area (Å²) < 4.78 is 0. The van der Waals surface area contributed by atoms with Crippen molar-refractivity contribution < 1.29 is 9.59 Å². The van der Waals surface area contributed by atoms with Crippen molar-refractivity contribution in [2.24, 2.45) is 17.8 Å². The number of hydrogen-bond donors (Lipinski definition) is 1. The van der Waals surface area contributed by atoms with Crippen LogP contribution in [0, 0.1) is 17.8 Å². The maximum Gasteiger partial charge on any atom is 0.225 e. The van der Waals surface area contributed by atoms with Crippen molar-refractivity contribution >= 4 is 11.8 Å². The number of hydrogen-bond acceptors (Lipinski definition) is 2. The van der Waals surface area contributed by atoms with Crippen molar-refractivity contribution in [1.29, 1.82) is 0 Å². The summed E-state index contributed by atoms with van der Waals surface area (Å²) in [5, 5.41) is 3.01. The van der Waals surface area contributed by atoms with E-state index < -0.39 is 0 Å². The van der Waals surface area contributed by atoms with Crippen LogP contribution < -0.4 is 5.32 Å². The number of nitrogens with zero attached hydrogens (tertiary/aromatic N) is 1. The Bertz CT molecular complexity index is 305. The molecule has 19 heavy (non-hydrogen) atoms. The first-order chi connectivity index (χ1) is 8.91. The first-order valence-electron chi connectivity index (χ1n) is 7.48. The van der Waals surface area contributed by atoms with Gasteiger partial charge in [-0.3, -0.25) is 9.59 Å². The molecule has 0 unspecified atom stereocenters. The smallest absolute Gasteiger partial charge is 0.225 e. The molecule has 0 bridgehead atoms. The van der Waals surface area contributed by atoms with Gasteiger partial charge in [0, 0.05) is 31.5 Å². The number of piperidine rings is 1. The topological polar surface area (TPSA) is 49.4 Å². The van der Waals surface area contributed by atoms with E-state index in [1.54, 1.807) is 0 Å². The molecule has 4 nitrogen and oxygen atoms in total. The highest BCUT2D eigenvalue weighted by Crippen LogP contribution is 2.19. The Kier molecular flexibility index (Phi) is 6.32. The molecule has 0 atom stereocenters. The standard InChI is InChI=1S/C15H28N2O2/c1-11(2)5-8-16-14(18)13-6-9-17(10-7-13)15(19)12(3)4/h11-13H,5-10H2,1-4H3,(H,16,18). The summed E-state index contributed by atoms with van der Waals surface area (Å²) >= 11 is 0. The monoisotopic (exact) mass is 268 g/mol. The third-order valence-electron chi connectivity index (χ3n) is 3.69. The summed E-state index contributed by atoms with van der Waals surface area (Å²) in [7, 11) is 0. The van der Waals surface area contributed by atoms with Crippen LogP contribution in [0.15, 0.2) is 0 Å². The summed E-state index contributed by atoms with van der Waals surface area (Å²) in [6.07, 6.45) is 2.62. The van der Waals surface area contributed by atoms with Crippen LogP contribution in [0.4, 0.5) is 0 Å². The van der Waals surface area contributed by atoms with Crippen molar-refractivity contribution in [3.8, 4) is 0 Å². The van der Waals surface area contributed by atoms with Crippen molar-refractivity contribution in [2.45, 2.75) is 47.0 Å². The van der Waals surface area contributed by atoms with Gasteiger partial charge in [-0.1, -0.05) is 27.7 Å². The third-order valence-corrected chi connectivity index (χ3v) is 3.69.